The molecule has 3 heterocycles. The van der Waals surface area contributed by atoms with Crippen molar-refractivity contribution in [2.24, 2.45) is 9.98 Å². The van der Waals surface area contributed by atoms with Crippen molar-refractivity contribution in [2.75, 3.05) is 6.54 Å². The molecule has 6 heteroatoms. The van der Waals surface area contributed by atoms with Crippen LogP contribution in [0.2, 0.25) is 0 Å². The Labute approximate surface area is 85.1 Å². The van der Waals surface area contributed by atoms with Gasteiger partial charge in [-0.25, -0.2) is 15.0 Å². The minimum Gasteiger partial charge on any atom is -0.329 e. The van der Waals surface area contributed by atoms with Gasteiger partial charge in [0.1, 0.15) is 6.29 Å². The summed E-state index contributed by atoms with van der Waals surface area (Å²) in [6.45, 7) is 0.498. The summed E-state index contributed by atoms with van der Waals surface area (Å²) in [5.74, 6) is 1.43. The lowest BCUT2D eigenvalue weighted by atomic mass is 10.2. The van der Waals surface area contributed by atoms with Gasteiger partial charge in [0.15, 0.2) is 17.3 Å². The van der Waals surface area contributed by atoms with Crippen molar-refractivity contribution >= 4 is 24.3 Å². The van der Waals surface area contributed by atoms with E-state index in [2.05, 4.69) is 20.0 Å². The Kier molecular flexibility index (Phi) is 1.55. The highest BCUT2D eigenvalue weighted by atomic mass is 16.1. The maximum atomic E-state index is 10.6. The number of rotatable bonds is 1. The Morgan fingerprint density at radius 1 is 1.53 bits per heavy atom. The first-order valence-electron chi connectivity index (χ1n) is 4.45. The van der Waals surface area contributed by atoms with Crippen molar-refractivity contribution in [2.45, 2.75) is 0 Å². The molecule has 0 aliphatic carbocycles. The van der Waals surface area contributed by atoms with E-state index in [1.807, 2.05) is 0 Å². The van der Waals surface area contributed by atoms with Crippen LogP contribution in [0.15, 0.2) is 28.1 Å². The first-order valence-corrected chi connectivity index (χ1v) is 4.45. The highest BCUT2D eigenvalue weighted by Crippen LogP contribution is 2.22. The molecule has 0 aromatic carbocycles. The standard InChI is InChI=1S/C9H7N5O/c15-3-6-1-10-9-7-8(12-4-11-7)13-5-14(9)2-6/h1,3-5H,2H2,(H,11,12). The summed E-state index contributed by atoms with van der Waals surface area (Å²) in [6, 6.07) is 0. The molecular weight excluding hydrogens is 194 g/mol. The predicted octanol–water partition coefficient (Wildman–Crippen LogP) is 0.228. The first kappa shape index (κ1) is 8.10. The second-order valence-corrected chi connectivity index (χ2v) is 3.25. The molecule has 0 saturated heterocycles. The third-order valence-electron chi connectivity index (χ3n) is 2.29. The minimum atomic E-state index is 0.498. The van der Waals surface area contributed by atoms with Gasteiger partial charge in [-0.05, 0) is 0 Å². The van der Waals surface area contributed by atoms with Crippen LogP contribution in [0, 0.1) is 0 Å². The number of nitrogens with one attached hydrogen (secondary N) is 1. The number of hydrogen-bond donors (Lipinski definition) is 1. The summed E-state index contributed by atoms with van der Waals surface area (Å²) in [4.78, 5) is 27.8. The van der Waals surface area contributed by atoms with Gasteiger partial charge >= 0.3 is 0 Å². The van der Waals surface area contributed by atoms with E-state index in [9.17, 15) is 4.79 Å². The highest BCUT2D eigenvalue weighted by molar-refractivity contribution is 6.10. The lowest BCUT2D eigenvalue weighted by Gasteiger charge is -2.25. The fraction of sp³-hybridized carbons (Fsp3) is 0.111. The van der Waals surface area contributed by atoms with Crippen LogP contribution in [-0.2, 0) is 4.79 Å². The van der Waals surface area contributed by atoms with Gasteiger partial charge in [-0.1, -0.05) is 0 Å². The molecule has 0 amide bonds. The summed E-state index contributed by atoms with van der Waals surface area (Å²) in [7, 11) is 0. The average Bonchev–Trinajstić information content (AvgIpc) is 2.76. The van der Waals surface area contributed by atoms with Crippen molar-refractivity contribution in [3.63, 3.8) is 0 Å². The molecule has 15 heavy (non-hydrogen) atoms. The average molecular weight is 201 g/mol. The lowest BCUT2D eigenvalue weighted by molar-refractivity contribution is -0.105. The Hall–Kier alpha value is -2.24. The van der Waals surface area contributed by atoms with Gasteiger partial charge in [-0.3, -0.25) is 4.79 Å². The normalized spacial score (nSPS) is 17.7. The third-order valence-corrected chi connectivity index (χ3v) is 2.29. The summed E-state index contributed by atoms with van der Waals surface area (Å²) in [5.41, 5.74) is 1.35. The molecule has 74 valence electrons. The number of H-pyrrole nitrogens is 1. The molecule has 1 aromatic rings. The summed E-state index contributed by atoms with van der Waals surface area (Å²) in [5, 5.41) is 0. The molecule has 0 bridgehead atoms. The molecule has 0 fully saturated rings. The molecule has 1 N–H and O–H groups in total. The van der Waals surface area contributed by atoms with Crippen LogP contribution in [0.5, 0.6) is 0 Å². The largest absolute Gasteiger partial charge is 0.329 e. The summed E-state index contributed by atoms with van der Waals surface area (Å²) < 4.78 is 0. The molecule has 2 aliphatic rings. The van der Waals surface area contributed by atoms with E-state index in [4.69, 9.17) is 0 Å². The molecule has 0 saturated carbocycles. The fourth-order valence-corrected chi connectivity index (χ4v) is 1.57. The number of aromatic nitrogens is 2. The van der Waals surface area contributed by atoms with Gasteiger partial charge < -0.3 is 9.88 Å². The molecule has 0 unspecified atom stereocenters. The van der Waals surface area contributed by atoms with Crippen LogP contribution >= 0.6 is 0 Å². The van der Waals surface area contributed by atoms with Gasteiger partial charge in [-0.15, -0.1) is 0 Å². The fourth-order valence-electron chi connectivity index (χ4n) is 1.57. The molecule has 0 radical (unpaired) electrons. The number of carbonyl (C=O) groups excluding carboxylic acids is 1. The Morgan fingerprint density at radius 2 is 2.47 bits per heavy atom. The van der Waals surface area contributed by atoms with E-state index in [-0.39, 0.29) is 0 Å². The second kappa shape index (κ2) is 2.88. The van der Waals surface area contributed by atoms with E-state index in [0.717, 1.165) is 17.8 Å². The van der Waals surface area contributed by atoms with Crippen molar-refractivity contribution in [3.05, 3.63) is 23.8 Å². The van der Waals surface area contributed by atoms with Gasteiger partial charge in [0.05, 0.1) is 19.2 Å². The van der Waals surface area contributed by atoms with Crippen LogP contribution in [0.4, 0.5) is 5.82 Å². The van der Waals surface area contributed by atoms with Gasteiger partial charge in [-0.2, -0.15) is 0 Å². The van der Waals surface area contributed by atoms with Crippen molar-refractivity contribution in [1.29, 1.82) is 0 Å². The zero-order valence-corrected chi connectivity index (χ0v) is 7.71. The number of carbonyl (C=O) groups is 1. The first-order chi connectivity index (χ1) is 7.38. The zero-order valence-electron chi connectivity index (χ0n) is 7.71. The molecule has 3 rings (SSSR count). The van der Waals surface area contributed by atoms with Crippen LogP contribution < -0.4 is 0 Å². The molecular formula is C9H7N5O. The number of aldehydes is 1. The van der Waals surface area contributed by atoms with E-state index in [1.54, 1.807) is 23.8 Å². The molecule has 0 atom stereocenters. The van der Waals surface area contributed by atoms with Crippen molar-refractivity contribution in [1.82, 2.24) is 14.9 Å². The number of aliphatic imine (C=N–C) groups is 2. The minimum absolute atomic E-state index is 0.498. The van der Waals surface area contributed by atoms with Gasteiger partial charge in [0.2, 0.25) is 0 Å². The van der Waals surface area contributed by atoms with E-state index in [0.29, 0.717) is 17.9 Å². The molecule has 6 nitrogen and oxygen atoms in total. The van der Waals surface area contributed by atoms with Gasteiger partial charge in [0.25, 0.3) is 0 Å². The smallest absolute Gasteiger partial charge is 0.163 e. The van der Waals surface area contributed by atoms with E-state index < -0.39 is 0 Å². The number of amidine groups is 1. The zero-order chi connectivity index (χ0) is 10.3. The van der Waals surface area contributed by atoms with Crippen LogP contribution in [-0.4, -0.2) is 39.9 Å². The highest BCUT2D eigenvalue weighted by Gasteiger charge is 2.24. The number of imidazole rings is 1. The maximum absolute atomic E-state index is 10.6. The van der Waals surface area contributed by atoms with Crippen LogP contribution in [0.3, 0.4) is 0 Å². The summed E-state index contributed by atoms with van der Waals surface area (Å²) in [6.07, 6.45) is 5.59. The number of hydrogen-bond acceptors (Lipinski definition) is 5. The number of nitrogens with zero attached hydrogens (tertiary/aromatic N) is 4. The Morgan fingerprint density at radius 3 is 3.33 bits per heavy atom. The van der Waals surface area contributed by atoms with Crippen molar-refractivity contribution in [3.8, 4) is 0 Å². The monoisotopic (exact) mass is 201 g/mol. The van der Waals surface area contributed by atoms with Gasteiger partial charge in [0, 0.05) is 11.8 Å². The Bertz CT molecular complexity index is 510. The topological polar surface area (TPSA) is 73.7 Å². The lowest BCUT2D eigenvalue weighted by Crippen LogP contribution is -2.36. The maximum Gasteiger partial charge on any atom is 0.163 e. The predicted molar refractivity (Wildman–Crippen MR) is 54.1 cm³/mol. The summed E-state index contributed by atoms with van der Waals surface area (Å²) >= 11 is 0. The molecule has 1 aromatic heterocycles. The number of aromatic amines is 1. The molecule has 0 spiro atoms. The van der Waals surface area contributed by atoms with E-state index in [1.165, 1.54) is 0 Å². The SMILES string of the molecule is O=CC1=CN=C2c3nc[nH]c3N=CN2C1. The quantitative estimate of drug-likeness (QED) is 0.661. The third kappa shape index (κ3) is 1.11. The number of fused-ring (bicyclic) bond motifs is 3. The van der Waals surface area contributed by atoms with E-state index >= 15 is 0 Å². The van der Waals surface area contributed by atoms with Crippen LogP contribution in [0.25, 0.3) is 0 Å². The van der Waals surface area contributed by atoms with Crippen LogP contribution in [0.1, 0.15) is 5.69 Å². The Balaban J connectivity index is 2.12. The van der Waals surface area contributed by atoms with Crippen molar-refractivity contribution < 1.29 is 4.79 Å². The second-order valence-electron chi connectivity index (χ2n) is 3.25. The molecule has 2 aliphatic heterocycles.